The molecule has 3 nitrogen and oxygen atoms in total. The third kappa shape index (κ3) is 1.36. The van der Waals surface area contributed by atoms with Crippen molar-refractivity contribution in [1.82, 2.24) is 9.55 Å². The van der Waals surface area contributed by atoms with Gasteiger partial charge in [0.15, 0.2) is 10.9 Å². The van der Waals surface area contributed by atoms with Crippen molar-refractivity contribution in [2.24, 2.45) is 0 Å². The predicted octanol–water partition coefficient (Wildman–Crippen LogP) is 2.31. The lowest BCUT2D eigenvalue weighted by Crippen LogP contribution is -2.24. The Balaban J connectivity index is 2.53. The summed E-state index contributed by atoms with van der Waals surface area (Å²) in [6.07, 6.45) is 2.87. The average Bonchev–Trinajstić information content (AvgIpc) is 2.43. The Morgan fingerprint density at radius 1 is 1.64 bits per heavy atom. The van der Waals surface area contributed by atoms with Gasteiger partial charge in [0, 0.05) is 0 Å². The van der Waals surface area contributed by atoms with Crippen LogP contribution in [0.3, 0.4) is 0 Å². The fourth-order valence-corrected chi connectivity index (χ4v) is 2.48. The standard InChI is InChI=1S/C10H13ClN2O/c1-6(14)8-4-3-5-9-10(11)12-7(2)13(8)9/h8H,3-5H2,1-2H3. The van der Waals surface area contributed by atoms with E-state index < -0.39 is 0 Å². The zero-order chi connectivity index (χ0) is 10.3. The van der Waals surface area contributed by atoms with Gasteiger partial charge >= 0.3 is 0 Å². The molecule has 1 aromatic heterocycles. The summed E-state index contributed by atoms with van der Waals surface area (Å²) in [7, 11) is 0. The Morgan fingerprint density at radius 2 is 2.36 bits per heavy atom. The van der Waals surface area contributed by atoms with Gasteiger partial charge in [-0.3, -0.25) is 4.79 Å². The highest BCUT2D eigenvalue weighted by Gasteiger charge is 2.27. The SMILES string of the molecule is CC(=O)C1CCCc2c(Cl)nc(C)n21. The van der Waals surface area contributed by atoms with E-state index in [1.54, 1.807) is 6.92 Å². The molecule has 0 N–H and O–H groups in total. The summed E-state index contributed by atoms with van der Waals surface area (Å²) in [6, 6.07) is -0.0428. The van der Waals surface area contributed by atoms with Gasteiger partial charge in [-0.2, -0.15) is 0 Å². The number of carbonyl (C=O) groups is 1. The third-order valence-electron chi connectivity index (χ3n) is 2.81. The summed E-state index contributed by atoms with van der Waals surface area (Å²) < 4.78 is 1.99. The number of aromatic nitrogens is 2. The first kappa shape index (κ1) is 9.71. The van der Waals surface area contributed by atoms with Crippen LogP contribution < -0.4 is 0 Å². The maximum Gasteiger partial charge on any atom is 0.152 e. The van der Waals surface area contributed by atoms with Gasteiger partial charge in [-0.15, -0.1) is 0 Å². The summed E-state index contributed by atoms with van der Waals surface area (Å²) in [5.41, 5.74) is 1.02. The van der Waals surface area contributed by atoms with Crippen molar-refractivity contribution in [3.8, 4) is 0 Å². The van der Waals surface area contributed by atoms with E-state index in [2.05, 4.69) is 4.98 Å². The van der Waals surface area contributed by atoms with Crippen molar-refractivity contribution in [1.29, 1.82) is 0 Å². The number of imidazole rings is 1. The molecular weight excluding hydrogens is 200 g/mol. The van der Waals surface area contributed by atoms with Gasteiger partial charge in [-0.05, 0) is 33.1 Å². The maximum atomic E-state index is 11.4. The molecule has 0 saturated heterocycles. The summed E-state index contributed by atoms with van der Waals surface area (Å²) in [6.45, 7) is 3.53. The second-order valence-electron chi connectivity index (χ2n) is 3.79. The van der Waals surface area contributed by atoms with Crippen molar-refractivity contribution >= 4 is 17.4 Å². The molecule has 4 heteroatoms. The van der Waals surface area contributed by atoms with Gasteiger partial charge in [0.1, 0.15) is 5.82 Å². The molecule has 2 heterocycles. The molecule has 0 radical (unpaired) electrons. The van der Waals surface area contributed by atoms with Crippen molar-refractivity contribution in [2.45, 2.75) is 39.2 Å². The molecule has 14 heavy (non-hydrogen) atoms. The van der Waals surface area contributed by atoms with Gasteiger partial charge in [0.25, 0.3) is 0 Å². The fraction of sp³-hybridized carbons (Fsp3) is 0.600. The first-order chi connectivity index (χ1) is 6.61. The van der Waals surface area contributed by atoms with Gasteiger partial charge in [-0.25, -0.2) is 4.98 Å². The van der Waals surface area contributed by atoms with E-state index in [0.29, 0.717) is 5.15 Å². The number of rotatable bonds is 1. The molecule has 0 aromatic carbocycles. The Kier molecular flexibility index (Phi) is 2.35. The quantitative estimate of drug-likeness (QED) is 0.716. The van der Waals surface area contributed by atoms with Crippen molar-refractivity contribution in [3.05, 3.63) is 16.7 Å². The summed E-state index contributed by atoms with van der Waals surface area (Å²) in [4.78, 5) is 15.6. The number of Topliss-reactive ketones (excluding diaryl/α,β-unsaturated/α-hetero) is 1. The minimum absolute atomic E-state index is 0.0428. The number of halogens is 1. The van der Waals surface area contributed by atoms with E-state index in [-0.39, 0.29) is 11.8 Å². The molecule has 0 aliphatic carbocycles. The number of ketones is 1. The van der Waals surface area contributed by atoms with Crippen LogP contribution >= 0.6 is 11.6 Å². The molecule has 1 aliphatic heterocycles. The highest BCUT2D eigenvalue weighted by molar-refractivity contribution is 6.30. The molecule has 1 unspecified atom stereocenters. The summed E-state index contributed by atoms with van der Waals surface area (Å²) in [5, 5.41) is 0.563. The van der Waals surface area contributed by atoms with E-state index in [1.807, 2.05) is 11.5 Å². The van der Waals surface area contributed by atoms with Crippen LogP contribution in [0.15, 0.2) is 0 Å². The number of fused-ring (bicyclic) bond motifs is 1. The molecule has 1 aromatic rings. The molecule has 0 spiro atoms. The third-order valence-corrected chi connectivity index (χ3v) is 3.11. The lowest BCUT2D eigenvalue weighted by atomic mass is 10.00. The van der Waals surface area contributed by atoms with Crippen LogP contribution in [0.5, 0.6) is 0 Å². The van der Waals surface area contributed by atoms with E-state index >= 15 is 0 Å². The van der Waals surface area contributed by atoms with Gasteiger partial charge in [-0.1, -0.05) is 11.6 Å². The topological polar surface area (TPSA) is 34.9 Å². The number of nitrogens with zero attached hydrogens (tertiary/aromatic N) is 2. The lowest BCUT2D eigenvalue weighted by molar-refractivity contribution is -0.120. The lowest BCUT2D eigenvalue weighted by Gasteiger charge is -2.24. The Morgan fingerprint density at radius 3 is 3.00 bits per heavy atom. The van der Waals surface area contributed by atoms with Crippen LogP contribution in [0, 0.1) is 6.92 Å². The fourth-order valence-electron chi connectivity index (χ4n) is 2.17. The monoisotopic (exact) mass is 212 g/mol. The Bertz CT molecular complexity index is 384. The zero-order valence-corrected chi connectivity index (χ0v) is 9.14. The minimum Gasteiger partial charge on any atom is -0.320 e. The number of hydrogen-bond acceptors (Lipinski definition) is 2. The smallest absolute Gasteiger partial charge is 0.152 e. The molecular formula is C10H13ClN2O. The van der Waals surface area contributed by atoms with Gasteiger partial charge < -0.3 is 4.57 Å². The van der Waals surface area contributed by atoms with Gasteiger partial charge in [0.05, 0.1) is 11.7 Å². The molecule has 0 saturated carbocycles. The normalized spacial score (nSPS) is 20.6. The van der Waals surface area contributed by atoms with Crippen LogP contribution in [-0.4, -0.2) is 15.3 Å². The van der Waals surface area contributed by atoms with E-state index in [9.17, 15) is 4.79 Å². The largest absolute Gasteiger partial charge is 0.320 e. The Labute approximate surface area is 88.1 Å². The number of carbonyl (C=O) groups excluding carboxylic acids is 1. The van der Waals surface area contributed by atoms with E-state index in [1.165, 1.54) is 0 Å². The molecule has 2 rings (SSSR count). The molecule has 76 valence electrons. The van der Waals surface area contributed by atoms with E-state index in [0.717, 1.165) is 30.8 Å². The second kappa shape index (κ2) is 3.39. The zero-order valence-electron chi connectivity index (χ0n) is 8.38. The first-order valence-corrected chi connectivity index (χ1v) is 5.22. The Hall–Kier alpha value is -0.830. The molecule has 1 aliphatic rings. The van der Waals surface area contributed by atoms with Crippen LogP contribution in [0.4, 0.5) is 0 Å². The van der Waals surface area contributed by atoms with Crippen LogP contribution in [0.2, 0.25) is 5.15 Å². The van der Waals surface area contributed by atoms with Crippen molar-refractivity contribution in [3.63, 3.8) is 0 Å². The number of hydrogen-bond donors (Lipinski definition) is 0. The van der Waals surface area contributed by atoms with Crippen molar-refractivity contribution < 1.29 is 4.79 Å². The van der Waals surface area contributed by atoms with E-state index in [4.69, 9.17) is 11.6 Å². The van der Waals surface area contributed by atoms with Crippen LogP contribution in [-0.2, 0) is 11.2 Å². The first-order valence-electron chi connectivity index (χ1n) is 4.85. The van der Waals surface area contributed by atoms with Crippen LogP contribution in [0.1, 0.15) is 37.3 Å². The average molecular weight is 213 g/mol. The number of aryl methyl sites for hydroxylation is 1. The van der Waals surface area contributed by atoms with Gasteiger partial charge in [0.2, 0.25) is 0 Å². The summed E-state index contributed by atoms with van der Waals surface area (Å²) in [5.74, 6) is 1.05. The highest BCUT2D eigenvalue weighted by Crippen LogP contribution is 2.31. The maximum absolute atomic E-state index is 11.4. The summed E-state index contributed by atoms with van der Waals surface area (Å²) >= 11 is 5.99. The molecule has 1 atom stereocenters. The molecule has 0 amide bonds. The second-order valence-corrected chi connectivity index (χ2v) is 4.14. The molecule has 0 fully saturated rings. The van der Waals surface area contributed by atoms with Crippen molar-refractivity contribution in [2.75, 3.05) is 0 Å². The van der Waals surface area contributed by atoms with Crippen LogP contribution in [0.25, 0.3) is 0 Å². The predicted molar refractivity (Wildman–Crippen MR) is 54.6 cm³/mol. The minimum atomic E-state index is -0.0428. The molecule has 0 bridgehead atoms. The highest BCUT2D eigenvalue weighted by atomic mass is 35.5.